The summed E-state index contributed by atoms with van der Waals surface area (Å²) < 4.78 is 13.2. The first-order valence-electron chi connectivity index (χ1n) is 7.25. The van der Waals surface area contributed by atoms with E-state index in [1.807, 2.05) is 6.07 Å². The van der Waals surface area contributed by atoms with Crippen LogP contribution in [0.2, 0.25) is 0 Å². The van der Waals surface area contributed by atoms with Crippen LogP contribution in [0.4, 0.5) is 4.39 Å². The maximum Gasteiger partial charge on any atom is 0.123 e. The van der Waals surface area contributed by atoms with Gasteiger partial charge in [-0.25, -0.2) is 4.39 Å². The molecule has 3 fully saturated rings. The van der Waals surface area contributed by atoms with Gasteiger partial charge in [0.2, 0.25) is 0 Å². The van der Waals surface area contributed by atoms with Gasteiger partial charge in [-0.05, 0) is 67.6 Å². The Morgan fingerprint density at radius 2 is 1.94 bits per heavy atom. The number of nitrogens with one attached hydrogen (secondary N) is 1. The zero-order valence-electron chi connectivity index (χ0n) is 10.8. The Balaban J connectivity index is 1.44. The highest BCUT2D eigenvalue weighted by molar-refractivity contribution is 5.22. The summed E-state index contributed by atoms with van der Waals surface area (Å²) in [5, 5.41) is 3.73. The highest BCUT2D eigenvalue weighted by Gasteiger charge is 2.64. The van der Waals surface area contributed by atoms with E-state index in [1.54, 1.807) is 12.1 Å². The van der Waals surface area contributed by atoms with Gasteiger partial charge in [-0.3, -0.25) is 0 Å². The highest BCUT2D eigenvalue weighted by atomic mass is 19.1. The van der Waals surface area contributed by atoms with Gasteiger partial charge in [0.15, 0.2) is 0 Å². The second-order valence-electron chi connectivity index (χ2n) is 6.46. The molecule has 2 heteroatoms. The standard InChI is InChI=1S/C16H20FN/c1-9(10-3-2-4-13(17)8-10)18-16-14-11-5-6-12(7-11)15(14)16/h2-4,8-9,11-12,14-16,18H,5-7H2,1H3. The molecule has 2 bridgehead atoms. The van der Waals surface area contributed by atoms with E-state index in [9.17, 15) is 4.39 Å². The monoisotopic (exact) mass is 245 g/mol. The van der Waals surface area contributed by atoms with Gasteiger partial charge in [0, 0.05) is 12.1 Å². The second-order valence-corrected chi connectivity index (χ2v) is 6.46. The minimum absolute atomic E-state index is 0.128. The van der Waals surface area contributed by atoms with Crippen molar-refractivity contribution in [1.82, 2.24) is 5.32 Å². The fraction of sp³-hybridized carbons (Fsp3) is 0.625. The molecular weight excluding hydrogens is 225 g/mol. The van der Waals surface area contributed by atoms with Gasteiger partial charge in [-0.2, -0.15) is 0 Å². The van der Waals surface area contributed by atoms with Crippen LogP contribution in [0.25, 0.3) is 0 Å². The molecule has 4 rings (SSSR count). The Hall–Kier alpha value is -0.890. The zero-order chi connectivity index (χ0) is 12.3. The third-order valence-electron chi connectivity index (χ3n) is 5.53. The Bertz CT molecular complexity index is 456. The predicted octanol–water partition coefficient (Wildman–Crippen LogP) is 3.52. The Morgan fingerprint density at radius 1 is 1.22 bits per heavy atom. The summed E-state index contributed by atoms with van der Waals surface area (Å²) in [4.78, 5) is 0. The van der Waals surface area contributed by atoms with Crippen LogP contribution in [-0.2, 0) is 0 Å². The first kappa shape index (κ1) is 11.0. The van der Waals surface area contributed by atoms with Crippen molar-refractivity contribution in [2.45, 2.75) is 38.3 Å². The van der Waals surface area contributed by atoms with Crippen molar-refractivity contribution >= 4 is 0 Å². The lowest BCUT2D eigenvalue weighted by molar-refractivity contribution is 0.432. The molecule has 96 valence electrons. The van der Waals surface area contributed by atoms with E-state index in [1.165, 1.54) is 25.3 Å². The lowest BCUT2D eigenvalue weighted by Crippen LogP contribution is -2.26. The van der Waals surface area contributed by atoms with Crippen LogP contribution >= 0.6 is 0 Å². The highest BCUT2D eigenvalue weighted by Crippen LogP contribution is 2.65. The smallest absolute Gasteiger partial charge is 0.123 e. The first-order valence-corrected chi connectivity index (χ1v) is 7.25. The van der Waals surface area contributed by atoms with Crippen molar-refractivity contribution < 1.29 is 4.39 Å². The number of fused-ring (bicyclic) bond motifs is 5. The molecule has 0 spiro atoms. The molecule has 3 aliphatic carbocycles. The Morgan fingerprint density at radius 3 is 2.61 bits per heavy atom. The molecule has 0 aromatic heterocycles. The number of benzene rings is 1. The van der Waals surface area contributed by atoms with Gasteiger partial charge >= 0.3 is 0 Å². The van der Waals surface area contributed by atoms with E-state index in [0.29, 0.717) is 0 Å². The van der Waals surface area contributed by atoms with Crippen LogP contribution in [-0.4, -0.2) is 6.04 Å². The Labute approximate surface area is 108 Å². The Kier molecular flexibility index (Phi) is 2.32. The van der Waals surface area contributed by atoms with Crippen LogP contribution in [0.3, 0.4) is 0 Å². The third-order valence-corrected chi connectivity index (χ3v) is 5.53. The van der Waals surface area contributed by atoms with Crippen LogP contribution in [0, 0.1) is 29.5 Å². The largest absolute Gasteiger partial charge is 0.307 e. The number of rotatable bonds is 3. The summed E-state index contributed by atoms with van der Waals surface area (Å²) >= 11 is 0. The van der Waals surface area contributed by atoms with Crippen LogP contribution in [0.5, 0.6) is 0 Å². The van der Waals surface area contributed by atoms with Crippen LogP contribution in [0.15, 0.2) is 24.3 Å². The van der Waals surface area contributed by atoms with Gasteiger partial charge in [-0.15, -0.1) is 0 Å². The SMILES string of the molecule is CC(NC1C2C3CCC(C3)C12)c1cccc(F)c1. The molecule has 1 aromatic carbocycles. The first-order chi connectivity index (χ1) is 8.74. The van der Waals surface area contributed by atoms with Crippen molar-refractivity contribution in [3.63, 3.8) is 0 Å². The molecule has 1 nitrogen and oxygen atoms in total. The minimum atomic E-state index is -0.128. The number of hydrogen-bond donors (Lipinski definition) is 1. The van der Waals surface area contributed by atoms with E-state index in [-0.39, 0.29) is 11.9 Å². The van der Waals surface area contributed by atoms with Crippen molar-refractivity contribution in [2.24, 2.45) is 23.7 Å². The number of halogens is 1. The molecule has 0 aliphatic heterocycles. The normalized spacial score (nSPS) is 41.8. The molecule has 5 atom stereocenters. The summed E-state index contributed by atoms with van der Waals surface area (Å²) in [5.41, 5.74) is 1.08. The lowest BCUT2D eigenvalue weighted by Gasteiger charge is -2.17. The molecule has 0 amide bonds. The van der Waals surface area contributed by atoms with Crippen LogP contribution in [0.1, 0.15) is 37.8 Å². The maximum atomic E-state index is 13.2. The maximum absolute atomic E-state index is 13.2. The van der Waals surface area contributed by atoms with Crippen LogP contribution < -0.4 is 5.32 Å². The number of hydrogen-bond acceptors (Lipinski definition) is 1. The van der Waals surface area contributed by atoms with E-state index in [2.05, 4.69) is 12.2 Å². The summed E-state index contributed by atoms with van der Waals surface area (Å²) in [5.74, 6) is 3.76. The fourth-order valence-corrected chi connectivity index (χ4v) is 4.71. The molecule has 0 heterocycles. The van der Waals surface area contributed by atoms with E-state index in [4.69, 9.17) is 0 Å². The molecule has 1 aromatic rings. The minimum Gasteiger partial charge on any atom is -0.307 e. The quantitative estimate of drug-likeness (QED) is 0.859. The topological polar surface area (TPSA) is 12.0 Å². The van der Waals surface area contributed by atoms with Gasteiger partial charge in [0.05, 0.1) is 0 Å². The summed E-state index contributed by atoms with van der Waals surface area (Å²) in [6.45, 7) is 2.16. The molecule has 5 unspecified atom stereocenters. The van der Waals surface area contributed by atoms with Gasteiger partial charge < -0.3 is 5.32 Å². The van der Waals surface area contributed by atoms with E-state index in [0.717, 1.165) is 35.3 Å². The molecule has 3 aliphatic rings. The lowest BCUT2D eigenvalue weighted by atomic mass is 10.0. The van der Waals surface area contributed by atoms with Gasteiger partial charge in [0.1, 0.15) is 5.82 Å². The van der Waals surface area contributed by atoms with Crippen molar-refractivity contribution in [3.05, 3.63) is 35.6 Å². The zero-order valence-corrected chi connectivity index (χ0v) is 10.8. The summed E-state index contributed by atoms with van der Waals surface area (Å²) in [6, 6.07) is 7.99. The van der Waals surface area contributed by atoms with Gasteiger partial charge in [-0.1, -0.05) is 12.1 Å². The van der Waals surface area contributed by atoms with Crippen molar-refractivity contribution in [2.75, 3.05) is 0 Å². The summed E-state index contributed by atoms with van der Waals surface area (Å²) in [7, 11) is 0. The third kappa shape index (κ3) is 1.55. The van der Waals surface area contributed by atoms with Gasteiger partial charge in [0.25, 0.3) is 0 Å². The van der Waals surface area contributed by atoms with E-state index < -0.39 is 0 Å². The fourth-order valence-electron chi connectivity index (χ4n) is 4.71. The average molecular weight is 245 g/mol. The molecular formula is C16H20FN. The van der Waals surface area contributed by atoms with Crippen molar-refractivity contribution in [3.8, 4) is 0 Å². The van der Waals surface area contributed by atoms with Crippen molar-refractivity contribution in [1.29, 1.82) is 0 Å². The molecule has 1 N–H and O–H groups in total. The average Bonchev–Trinajstić information content (AvgIpc) is 2.77. The summed E-state index contributed by atoms with van der Waals surface area (Å²) in [6.07, 6.45) is 4.40. The molecule has 0 saturated heterocycles. The van der Waals surface area contributed by atoms with E-state index >= 15 is 0 Å². The predicted molar refractivity (Wildman–Crippen MR) is 69.5 cm³/mol. The second kappa shape index (κ2) is 3.80. The molecule has 0 radical (unpaired) electrons. The molecule has 18 heavy (non-hydrogen) atoms. The molecule has 3 saturated carbocycles.